The average molecular weight is 570 g/mol. The minimum atomic E-state index is -2.23. The van der Waals surface area contributed by atoms with Crippen LogP contribution in [0.25, 0.3) is 16.8 Å². The molecular weight excluding hydrogens is 549 g/mol. The van der Waals surface area contributed by atoms with Gasteiger partial charge in [-0.05, 0) is 66.3 Å². The lowest BCUT2D eigenvalue weighted by Gasteiger charge is -2.13. The standard InChI is InChI=1S/C32H20F5N5/c1-42(2)16-5-3-15(4-6-16)25-21-11-7-17(38-21)19-9-13-23(40-19)26(27-28(33)30(35)32(37)31(36)29(27)34)24-14-10-20(41-24)18-8-12-22(25)39-18/h3-14,38-39H,1-2H3. The molecule has 42 heavy (non-hydrogen) atoms. The molecule has 0 fully saturated rings. The van der Waals surface area contributed by atoms with Crippen molar-refractivity contribution in [2.24, 2.45) is 9.98 Å². The molecule has 5 nitrogen and oxygen atoms in total. The third-order valence-corrected chi connectivity index (χ3v) is 7.39. The van der Waals surface area contributed by atoms with Crippen molar-refractivity contribution in [2.75, 3.05) is 19.0 Å². The lowest BCUT2D eigenvalue weighted by atomic mass is 9.97. The number of anilines is 1. The largest absolute Gasteiger partial charge is 0.378 e. The summed E-state index contributed by atoms with van der Waals surface area (Å²) in [4.78, 5) is 17.8. The van der Waals surface area contributed by atoms with E-state index in [2.05, 4.69) is 20.0 Å². The van der Waals surface area contributed by atoms with Crippen molar-refractivity contribution in [3.63, 3.8) is 0 Å². The number of rotatable bonds is 3. The van der Waals surface area contributed by atoms with Crippen LogP contribution in [0, 0.1) is 29.1 Å². The van der Waals surface area contributed by atoms with E-state index < -0.39 is 34.6 Å². The molecule has 0 atom stereocenters. The van der Waals surface area contributed by atoms with Crippen LogP contribution in [0.15, 0.2) is 88.5 Å². The van der Waals surface area contributed by atoms with Crippen molar-refractivity contribution >= 4 is 34.0 Å². The van der Waals surface area contributed by atoms with Crippen molar-refractivity contribution in [1.29, 1.82) is 0 Å². The van der Waals surface area contributed by atoms with Crippen molar-refractivity contribution < 1.29 is 22.0 Å². The molecule has 0 radical (unpaired) electrons. The second-order valence-electron chi connectivity index (χ2n) is 10.1. The van der Waals surface area contributed by atoms with E-state index in [4.69, 9.17) is 0 Å². The zero-order valence-electron chi connectivity index (χ0n) is 22.2. The Kier molecular flexibility index (Phi) is 5.76. The topological polar surface area (TPSA) is 59.5 Å². The maximum Gasteiger partial charge on any atom is 0.200 e. The molecule has 2 aromatic heterocycles. The third kappa shape index (κ3) is 3.90. The zero-order chi connectivity index (χ0) is 29.3. The molecule has 5 heterocycles. The summed E-state index contributed by atoms with van der Waals surface area (Å²) in [7, 11) is 3.93. The highest BCUT2D eigenvalue weighted by Gasteiger charge is 2.32. The molecule has 2 aromatic carbocycles. The van der Waals surface area contributed by atoms with Gasteiger partial charge in [0.1, 0.15) is 0 Å². The first-order valence-electron chi connectivity index (χ1n) is 12.9. The van der Waals surface area contributed by atoms with E-state index in [-0.39, 0.29) is 17.0 Å². The van der Waals surface area contributed by atoms with E-state index in [1.165, 1.54) is 12.2 Å². The molecule has 10 heteroatoms. The number of nitrogens with zero attached hydrogens (tertiary/aromatic N) is 3. The Morgan fingerprint density at radius 2 is 1.14 bits per heavy atom. The average Bonchev–Trinajstić information content (AvgIpc) is 3.80. The number of nitrogens with one attached hydrogen (secondary N) is 2. The minimum Gasteiger partial charge on any atom is -0.378 e. The van der Waals surface area contributed by atoms with Crippen LogP contribution in [0.2, 0.25) is 0 Å². The molecule has 2 N–H and O–H groups in total. The van der Waals surface area contributed by atoms with Crippen molar-refractivity contribution in [3.8, 4) is 0 Å². The predicted molar refractivity (Wildman–Crippen MR) is 152 cm³/mol. The smallest absolute Gasteiger partial charge is 0.200 e. The molecule has 0 aliphatic carbocycles. The van der Waals surface area contributed by atoms with Gasteiger partial charge in [-0.1, -0.05) is 12.1 Å². The van der Waals surface area contributed by atoms with Crippen LogP contribution in [-0.4, -0.2) is 35.5 Å². The monoisotopic (exact) mass is 569 g/mol. The molecule has 7 rings (SSSR count). The first-order valence-corrected chi connectivity index (χ1v) is 12.9. The molecule has 8 bridgehead atoms. The number of hydrogen-bond donors (Lipinski definition) is 2. The molecule has 0 saturated carbocycles. The Morgan fingerprint density at radius 3 is 1.86 bits per heavy atom. The fourth-order valence-electron chi connectivity index (χ4n) is 5.28. The number of allylic oxidation sites excluding steroid dienone is 4. The van der Waals surface area contributed by atoms with Crippen LogP contribution in [0.1, 0.15) is 22.5 Å². The van der Waals surface area contributed by atoms with Crippen molar-refractivity contribution in [3.05, 3.63) is 141 Å². The van der Waals surface area contributed by atoms with Gasteiger partial charge in [0, 0.05) is 42.0 Å². The summed E-state index contributed by atoms with van der Waals surface area (Å²) in [6.45, 7) is 0. The summed E-state index contributed by atoms with van der Waals surface area (Å²) in [6.07, 6.45) is 6.15. The predicted octanol–water partition coefficient (Wildman–Crippen LogP) is 5.25. The van der Waals surface area contributed by atoms with E-state index in [0.717, 1.165) is 27.9 Å². The van der Waals surface area contributed by atoms with Gasteiger partial charge < -0.3 is 14.9 Å². The molecular formula is C32H20F5N5. The number of fused-ring (bicyclic) bond motifs is 7. The number of benzene rings is 2. The normalized spacial score (nSPS) is 15.4. The first-order chi connectivity index (χ1) is 20.2. The molecule has 3 aliphatic rings. The number of aromatic nitrogens is 2. The Bertz CT molecular complexity index is 2070. The summed E-state index contributed by atoms with van der Waals surface area (Å²) < 4.78 is 72.7. The molecule has 3 aliphatic heterocycles. The van der Waals surface area contributed by atoms with Crippen molar-refractivity contribution in [1.82, 2.24) is 9.97 Å². The Hall–Kier alpha value is -5.25. The minimum absolute atomic E-state index is 0.00159. The van der Waals surface area contributed by atoms with E-state index in [1.54, 1.807) is 12.2 Å². The highest BCUT2D eigenvalue weighted by Crippen LogP contribution is 2.35. The van der Waals surface area contributed by atoms with Gasteiger partial charge in [0.05, 0.1) is 39.4 Å². The van der Waals surface area contributed by atoms with Gasteiger partial charge in [0.25, 0.3) is 0 Å². The molecule has 0 saturated heterocycles. The highest BCUT2D eigenvalue weighted by molar-refractivity contribution is 6.33. The first kappa shape index (κ1) is 25.7. The van der Waals surface area contributed by atoms with Crippen LogP contribution in [0.3, 0.4) is 0 Å². The lowest BCUT2D eigenvalue weighted by Crippen LogP contribution is -2.16. The van der Waals surface area contributed by atoms with E-state index >= 15 is 8.78 Å². The van der Waals surface area contributed by atoms with Crippen LogP contribution in [-0.2, 0) is 0 Å². The second kappa shape index (κ2) is 9.41. The fourth-order valence-corrected chi connectivity index (χ4v) is 5.28. The van der Waals surface area contributed by atoms with Crippen LogP contribution in [0.4, 0.5) is 27.6 Å². The number of H-pyrrole nitrogens is 2. The number of hydrogen-bond acceptors (Lipinski definition) is 3. The third-order valence-electron chi connectivity index (χ3n) is 7.39. The van der Waals surface area contributed by atoms with E-state index in [0.29, 0.717) is 22.5 Å². The van der Waals surface area contributed by atoms with Gasteiger partial charge in [-0.15, -0.1) is 0 Å². The van der Waals surface area contributed by atoms with Gasteiger partial charge in [-0.25, -0.2) is 31.9 Å². The van der Waals surface area contributed by atoms with Gasteiger partial charge in [0.15, 0.2) is 23.3 Å². The quantitative estimate of drug-likeness (QED) is 0.198. The van der Waals surface area contributed by atoms with Gasteiger partial charge in [-0.3, -0.25) is 0 Å². The fraction of sp³-hybridized carbons (Fsp3) is 0.0625. The van der Waals surface area contributed by atoms with Crippen molar-refractivity contribution in [2.45, 2.75) is 0 Å². The Labute approximate surface area is 235 Å². The summed E-state index contributed by atoms with van der Waals surface area (Å²) in [5.74, 6) is -10.2. The Balaban J connectivity index is 1.53. The maximum absolute atomic E-state index is 15.1. The maximum atomic E-state index is 15.1. The zero-order valence-corrected chi connectivity index (χ0v) is 22.2. The van der Waals surface area contributed by atoms with Crippen LogP contribution in [0.5, 0.6) is 0 Å². The molecule has 4 aromatic rings. The summed E-state index contributed by atoms with van der Waals surface area (Å²) in [5, 5.41) is 1.37. The molecule has 208 valence electrons. The molecule has 0 unspecified atom stereocenters. The van der Waals surface area contributed by atoms with Gasteiger partial charge >= 0.3 is 0 Å². The van der Waals surface area contributed by atoms with Crippen LogP contribution < -0.4 is 15.6 Å². The lowest BCUT2D eigenvalue weighted by molar-refractivity contribution is 0.376. The SMILES string of the molecule is CN(C)c1ccc(C2=c3ccc([nH]3)=C3C=CC(=N3)C(c3c(F)c(F)c(F)c(F)c3F)=C3C=CC(=N3)c3ccc2[nH]3)cc1. The molecule has 0 amide bonds. The summed E-state index contributed by atoms with van der Waals surface area (Å²) in [5.41, 5.74) is 3.67. The van der Waals surface area contributed by atoms with Gasteiger partial charge in [-0.2, -0.15) is 0 Å². The number of aliphatic imine (C=N–C) groups is 2. The summed E-state index contributed by atoms with van der Waals surface area (Å²) in [6, 6.07) is 15.5. The molecule has 0 spiro atoms. The van der Waals surface area contributed by atoms with Crippen LogP contribution >= 0.6 is 0 Å². The van der Waals surface area contributed by atoms with E-state index in [9.17, 15) is 13.2 Å². The highest BCUT2D eigenvalue weighted by atomic mass is 19.2. The second-order valence-corrected chi connectivity index (χ2v) is 10.1. The number of halogens is 5. The van der Waals surface area contributed by atoms with Gasteiger partial charge in [0.2, 0.25) is 5.82 Å². The number of aromatic amines is 2. The summed E-state index contributed by atoms with van der Waals surface area (Å²) >= 11 is 0. The Morgan fingerprint density at radius 1 is 0.548 bits per heavy atom. The van der Waals surface area contributed by atoms with E-state index in [1.807, 2.05) is 67.5 Å².